The number of rotatable bonds is 8. The Labute approximate surface area is 134 Å². The second-order valence-electron chi connectivity index (χ2n) is 5.04. The summed E-state index contributed by atoms with van der Waals surface area (Å²) in [6, 6.07) is 12.3. The Hall–Kier alpha value is -2.60. The van der Waals surface area contributed by atoms with Gasteiger partial charge >= 0.3 is 5.97 Å². The van der Waals surface area contributed by atoms with Crippen molar-refractivity contribution in [2.75, 3.05) is 20.3 Å². The van der Waals surface area contributed by atoms with Crippen LogP contribution in [0.1, 0.15) is 6.42 Å². The third-order valence-electron chi connectivity index (χ3n) is 3.33. The third kappa shape index (κ3) is 4.96. The number of ether oxygens (including phenoxy) is 2. The molecule has 0 aliphatic rings. The lowest BCUT2D eigenvalue weighted by molar-refractivity contribution is -0.142. The first-order valence-electron chi connectivity index (χ1n) is 7.23. The van der Waals surface area contributed by atoms with Crippen LogP contribution in [0.5, 0.6) is 5.75 Å². The largest absolute Gasteiger partial charge is 0.484 e. The molecule has 1 atom stereocenters. The Morgan fingerprint density at radius 1 is 1.17 bits per heavy atom. The molecule has 0 heterocycles. The predicted octanol–water partition coefficient (Wildman–Crippen LogP) is 1.82. The van der Waals surface area contributed by atoms with Crippen molar-refractivity contribution in [1.82, 2.24) is 5.32 Å². The maximum Gasteiger partial charge on any atom is 0.326 e. The molecule has 23 heavy (non-hydrogen) atoms. The van der Waals surface area contributed by atoms with E-state index in [4.69, 9.17) is 14.6 Å². The number of hydrogen-bond acceptors (Lipinski definition) is 4. The first kappa shape index (κ1) is 16.8. The van der Waals surface area contributed by atoms with Gasteiger partial charge in [0.15, 0.2) is 6.61 Å². The lowest BCUT2D eigenvalue weighted by Crippen LogP contribution is -2.43. The monoisotopic (exact) mass is 317 g/mol. The summed E-state index contributed by atoms with van der Waals surface area (Å²) in [4.78, 5) is 22.9. The van der Waals surface area contributed by atoms with Gasteiger partial charge in [-0.3, -0.25) is 4.79 Å². The molecule has 122 valence electrons. The van der Waals surface area contributed by atoms with E-state index in [2.05, 4.69) is 5.32 Å². The van der Waals surface area contributed by atoms with Crippen molar-refractivity contribution >= 4 is 22.6 Å². The fourth-order valence-electron chi connectivity index (χ4n) is 2.14. The van der Waals surface area contributed by atoms with E-state index in [9.17, 15) is 9.59 Å². The Morgan fingerprint density at radius 3 is 2.61 bits per heavy atom. The van der Waals surface area contributed by atoms with Gasteiger partial charge < -0.3 is 19.9 Å². The minimum absolute atomic E-state index is 0.202. The van der Waals surface area contributed by atoms with E-state index in [-0.39, 0.29) is 19.6 Å². The highest BCUT2D eigenvalue weighted by Crippen LogP contribution is 2.20. The molecule has 0 saturated carbocycles. The van der Waals surface area contributed by atoms with Crippen LogP contribution in [0.4, 0.5) is 0 Å². The molecule has 0 aliphatic carbocycles. The average molecular weight is 317 g/mol. The highest BCUT2D eigenvalue weighted by atomic mass is 16.5. The topological polar surface area (TPSA) is 84.9 Å². The highest BCUT2D eigenvalue weighted by molar-refractivity contribution is 5.85. The molecule has 0 aromatic heterocycles. The number of fused-ring (bicyclic) bond motifs is 1. The van der Waals surface area contributed by atoms with Crippen molar-refractivity contribution in [3.63, 3.8) is 0 Å². The SMILES string of the molecule is COCCC(NC(=O)COc1ccc2ccccc2c1)C(=O)O. The number of methoxy groups -OCH3 is 1. The van der Waals surface area contributed by atoms with Gasteiger partial charge in [-0.15, -0.1) is 0 Å². The standard InChI is InChI=1S/C17H19NO5/c1-22-9-8-15(17(20)21)18-16(19)11-23-14-7-6-12-4-2-3-5-13(12)10-14/h2-7,10,15H,8-9,11H2,1H3,(H,18,19)(H,20,21). The lowest BCUT2D eigenvalue weighted by atomic mass is 10.1. The van der Waals surface area contributed by atoms with Crippen LogP contribution in [0, 0.1) is 0 Å². The van der Waals surface area contributed by atoms with Crippen LogP contribution >= 0.6 is 0 Å². The number of aliphatic carboxylic acids is 1. The molecule has 0 aliphatic heterocycles. The van der Waals surface area contributed by atoms with Crippen molar-refractivity contribution in [1.29, 1.82) is 0 Å². The fourth-order valence-corrected chi connectivity index (χ4v) is 2.14. The van der Waals surface area contributed by atoms with E-state index in [1.165, 1.54) is 7.11 Å². The summed E-state index contributed by atoms with van der Waals surface area (Å²) in [6.45, 7) is 0.0118. The first-order chi connectivity index (χ1) is 11.1. The summed E-state index contributed by atoms with van der Waals surface area (Å²) in [7, 11) is 1.48. The molecule has 2 rings (SSSR count). The number of carbonyl (C=O) groups is 2. The zero-order valence-electron chi connectivity index (χ0n) is 12.8. The van der Waals surface area contributed by atoms with Gasteiger partial charge in [-0.05, 0) is 22.9 Å². The van der Waals surface area contributed by atoms with Gasteiger partial charge in [-0.1, -0.05) is 30.3 Å². The smallest absolute Gasteiger partial charge is 0.326 e. The van der Waals surface area contributed by atoms with Crippen LogP contribution in [0.25, 0.3) is 10.8 Å². The van der Waals surface area contributed by atoms with Crippen molar-refractivity contribution in [2.45, 2.75) is 12.5 Å². The van der Waals surface area contributed by atoms with Gasteiger partial charge in [0.1, 0.15) is 11.8 Å². The summed E-state index contributed by atoms with van der Waals surface area (Å²) >= 11 is 0. The van der Waals surface area contributed by atoms with E-state index in [0.717, 1.165) is 10.8 Å². The number of carboxylic acid groups (broad SMARTS) is 1. The third-order valence-corrected chi connectivity index (χ3v) is 3.33. The van der Waals surface area contributed by atoms with Gasteiger partial charge in [0, 0.05) is 20.1 Å². The number of carboxylic acids is 1. The van der Waals surface area contributed by atoms with Gasteiger partial charge in [0.2, 0.25) is 0 Å². The van der Waals surface area contributed by atoms with E-state index in [0.29, 0.717) is 5.75 Å². The number of benzene rings is 2. The minimum atomic E-state index is -1.10. The summed E-state index contributed by atoms with van der Waals surface area (Å²) in [5, 5.41) is 13.5. The summed E-state index contributed by atoms with van der Waals surface area (Å²) in [5.74, 6) is -1.02. The Bertz CT molecular complexity index is 685. The van der Waals surface area contributed by atoms with Crippen LogP contribution in [-0.4, -0.2) is 43.3 Å². The van der Waals surface area contributed by atoms with Crippen LogP contribution < -0.4 is 10.1 Å². The molecule has 2 N–H and O–H groups in total. The second kappa shape index (κ2) is 8.14. The van der Waals surface area contributed by atoms with Crippen LogP contribution in [-0.2, 0) is 14.3 Å². The number of hydrogen-bond donors (Lipinski definition) is 2. The molecule has 0 spiro atoms. The number of carbonyl (C=O) groups excluding carboxylic acids is 1. The van der Waals surface area contributed by atoms with Crippen LogP contribution in [0.3, 0.4) is 0 Å². The van der Waals surface area contributed by atoms with Gasteiger partial charge in [0.25, 0.3) is 5.91 Å². The molecular formula is C17H19NO5. The zero-order valence-corrected chi connectivity index (χ0v) is 12.8. The minimum Gasteiger partial charge on any atom is -0.484 e. The molecule has 0 fully saturated rings. The zero-order chi connectivity index (χ0) is 16.7. The molecule has 2 aromatic rings. The summed E-state index contributed by atoms with van der Waals surface area (Å²) in [6.07, 6.45) is 0.202. The van der Waals surface area contributed by atoms with Crippen molar-refractivity contribution < 1.29 is 24.2 Å². The second-order valence-corrected chi connectivity index (χ2v) is 5.04. The summed E-state index contributed by atoms with van der Waals surface area (Å²) in [5.41, 5.74) is 0. The highest BCUT2D eigenvalue weighted by Gasteiger charge is 2.19. The Kier molecular flexibility index (Phi) is 5.94. The van der Waals surface area contributed by atoms with Crippen molar-refractivity contribution in [3.8, 4) is 5.75 Å². The van der Waals surface area contributed by atoms with Gasteiger partial charge in [-0.2, -0.15) is 0 Å². The molecule has 1 unspecified atom stereocenters. The fraction of sp³-hybridized carbons (Fsp3) is 0.294. The van der Waals surface area contributed by atoms with Crippen LogP contribution in [0.15, 0.2) is 42.5 Å². The normalized spacial score (nSPS) is 11.9. The molecule has 6 nitrogen and oxygen atoms in total. The first-order valence-corrected chi connectivity index (χ1v) is 7.23. The molecule has 0 radical (unpaired) electrons. The van der Waals surface area contributed by atoms with E-state index in [1.54, 1.807) is 6.07 Å². The Balaban J connectivity index is 1.90. The lowest BCUT2D eigenvalue weighted by Gasteiger charge is -2.14. The molecule has 1 amide bonds. The maximum absolute atomic E-state index is 11.8. The summed E-state index contributed by atoms with van der Waals surface area (Å²) < 4.78 is 10.3. The maximum atomic E-state index is 11.8. The van der Waals surface area contributed by atoms with E-state index >= 15 is 0 Å². The molecule has 6 heteroatoms. The number of amides is 1. The Morgan fingerprint density at radius 2 is 1.91 bits per heavy atom. The van der Waals surface area contributed by atoms with Gasteiger partial charge in [0.05, 0.1) is 0 Å². The van der Waals surface area contributed by atoms with Gasteiger partial charge in [-0.25, -0.2) is 4.79 Å². The molecule has 2 aromatic carbocycles. The van der Waals surface area contributed by atoms with Crippen molar-refractivity contribution in [2.24, 2.45) is 0 Å². The molecule has 0 bridgehead atoms. The van der Waals surface area contributed by atoms with Crippen molar-refractivity contribution in [3.05, 3.63) is 42.5 Å². The average Bonchev–Trinajstić information content (AvgIpc) is 2.56. The predicted molar refractivity (Wildman–Crippen MR) is 85.5 cm³/mol. The quantitative estimate of drug-likeness (QED) is 0.776. The molecule has 0 saturated heterocycles. The molecular weight excluding hydrogens is 298 g/mol. The van der Waals surface area contributed by atoms with Crippen LogP contribution in [0.2, 0.25) is 0 Å². The van der Waals surface area contributed by atoms with E-state index < -0.39 is 17.9 Å². The number of nitrogens with one attached hydrogen (secondary N) is 1. The van der Waals surface area contributed by atoms with E-state index in [1.807, 2.05) is 36.4 Å².